The summed E-state index contributed by atoms with van der Waals surface area (Å²) in [6.45, 7) is 4.86. The van der Waals surface area contributed by atoms with Gasteiger partial charge in [0, 0.05) is 19.6 Å². The van der Waals surface area contributed by atoms with E-state index in [-0.39, 0.29) is 43.6 Å². The minimum atomic E-state index is -0.802. The van der Waals surface area contributed by atoms with Crippen molar-refractivity contribution in [2.45, 2.75) is 38.7 Å². The number of hydrogen-bond donors (Lipinski definition) is 2. The maximum atomic E-state index is 12.5. The van der Waals surface area contributed by atoms with Gasteiger partial charge in [0.25, 0.3) is 0 Å². The summed E-state index contributed by atoms with van der Waals surface area (Å²) < 4.78 is 10.6. The Bertz CT molecular complexity index is 583. The van der Waals surface area contributed by atoms with Crippen LogP contribution >= 0.6 is 0 Å². The van der Waals surface area contributed by atoms with Crippen LogP contribution in [0.4, 0.5) is 0 Å². The standard InChI is InChI=1S/C20H31N3O5/c1-3-15(20(26)27-4-2)12-22-19(25)16-6-5-11-23(13-16)18(24)14-28-17-7-9-21-10-8-17/h1,15-17,21H,4-14H2,2H3,(H,22,25)/t15?,16-/m1/s1. The van der Waals surface area contributed by atoms with E-state index < -0.39 is 11.9 Å². The number of nitrogens with zero attached hydrogens (tertiary/aromatic N) is 1. The highest BCUT2D eigenvalue weighted by atomic mass is 16.5. The number of rotatable bonds is 8. The summed E-state index contributed by atoms with van der Waals surface area (Å²) in [5.41, 5.74) is 0. The van der Waals surface area contributed by atoms with E-state index in [1.807, 2.05) is 0 Å². The normalized spacial score (nSPS) is 21.4. The van der Waals surface area contributed by atoms with Crippen molar-refractivity contribution in [2.75, 3.05) is 45.9 Å². The summed E-state index contributed by atoms with van der Waals surface area (Å²) >= 11 is 0. The largest absolute Gasteiger partial charge is 0.465 e. The molecule has 2 saturated heterocycles. The van der Waals surface area contributed by atoms with Crippen LogP contribution in [0.1, 0.15) is 32.6 Å². The second-order valence-electron chi connectivity index (χ2n) is 7.16. The van der Waals surface area contributed by atoms with Crippen LogP contribution in [-0.2, 0) is 23.9 Å². The number of carbonyl (C=O) groups is 3. The van der Waals surface area contributed by atoms with E-state index in [1.54, 1.807) is 11.8 Å². The van der Waals surface area contributed by atoms with Crippen molar-refractivity contribution in [3.63, 3.8) is 0 Å². The lowest BCUT2D eigenvalue weighted by Gasteiger charge is -2.33. The summed E-state index contributed by atoms with van der Waals surface area (Å²) in [6, 6.07) is 0. The Morgan fingerprint density at radius 3 is 2.71 bits per heavy atom. The highest BCUT2D eigenvalue weighted by molar-refractivity contribution is 5.83. The molecular weight excluding hydrogens is 362 g/mol. The van der Waals surface area contributed by atoms with Gasteiger partial charge in [-0.05, 0) is 45.7 Å². The molecule has 0 saturated carbocycles. The number of amides is 2. The molecule has 28 heavy (non-hydrogen) atoms. The molecule has 2 N–H and O–H groups in total. The van der Waals surface area contributed by atoms with Gasteiger partial charge < -0.3 is 25.0 Å². The van der Waals surface area contributed by atoms with E-state index in [0.29, 0.717) is 19.5 Å². The minimum Gasteiger partial charge on any atom is -0.465 e. The van der Waals surface area contributed by atoms with Gasteiger partial charge in [0.15, 0.2) is 0 Å². The van der Waals surface area contributed by atoms with Crippen molar-refractivity contribution in [3.8, 4) is 12.3 Å². The van der Waals surface area contributed by atoms with E-state index in [1.165, 1.54) is 0 Å². The molecule has 2 amide bonds. The Kier molecular flexibility index (Phi) is 9.24. The number of carbonyl (C=O) groups excluding carboxylic acids is 3. The summed E-state index contributed by atoms with van der Waals surface area (Å²) in [6.07, 6.45) is 8.76. The molecule has 2 atom stereocenters. The van der Waals surface area contributed by atoms with Crippen LogP contribution in [-0.4, -0.2) is 74.7 Å². The molecule has 2 rings (SSSR count). The number of likely N-dealkylation sites (tertiary alicyclic amines) is 1. The number of piperidine rings is 2. The Morgan fingerprint density at radius 1 is 1.29 bits per heavy atom. The summed E-state index contributed by atoms with van der Waals surface area (Å²) in [7, 11) is 0. The van der Waals surface area contributed by atoms with E-state index in [9.17, 15) is 14.4 Å². The highest BCUT2D eigenvalue weighted by Gasteiger charge is 2.29. The zero-order valence-electron chi connectivity index (χ0n) is 16.6. The minimum absolute atomic E-state index is 0.0391. The third-order valence-corrected chi connectivity index (χ3v) is 5.13. The fourth-order valence-corrected chi connectivity index (χ4v) is 3.46. The maximum Gasteiger partial charge on any atom is 0.322 e. The quantitative estimate of drug-likeness (QED) is 0.442. The Hall–Kier alpha value is -2.11. The molecule has 0 spiro atoms. The van der Waals surface area contributed by atoms with Gasteiger partial charge in [-0.3, -0.25) is 14.4 Å². The van der Waals surface area contributed by atoms with Gasteiger partial charge in [0.1, 0.15) is 12.5 Å². The van der Waals surface area contributed by atoms with Crippen molar-refractivity contribution in [2.24, 2.45) is 11.8 Å². The van der Waals surface area contributed by atoms with Gasteiger partial charge in [-0.15, -0.1) is 6.42 Å². The number of hydrogen-bond acceptors (Lipinski definition) is 6. The number of terminal acetylenes is 1. The lowest BCUT2D eigenvalue weighted by molar-refractivity contribution is -0.145. The first-order valence-electron chi connectivity index (χ1n) is 10.1. The van der Waals surface area contributed by atoms with Crippen molar-refractivity contribution in [3.05, 3.63) is 0 Å². The highest BCUT2D eigenvalue weighted by Crippen LogP contribution is 2.17. The van der Waals surface area contributed by atoms with Crippen molar-refractivity contribution >= 4 is 17.8 Å². The van der Waals surface area contributed by atoms with Gasteiger partial charge in [0.05, 0.1) is 18.6 Å². The van der Waals surface area contributed by atoms with E-state index in [4.69, 9.17) is 15.9 Å². The molecule has 0 aliphatic carbocycles. The summed E-state index contributed by atoms with van der Waals surface area (Å²) in [4.78, 5) is 38.3. The molecule has 0 radical (unpaired) electrons. The number of esters is 1. The molecule has 156 valence electrons. The van der Waals surface area contributed by atoms with Gasteiger partial charge in [-0.2, -0.15) is 0 Å². The third kappa shape index (κ3) is 6.80. The molecule has 0 aromatic rings. The maximum absolute atomic E-state index is 12.5. The van der Waals surface area contributed by atoms with Crippen molar-refractivity contribution < 1.29 is 23.9 Å². The van der Waals surface area contributed by atoms with Crippen LogP contribution in [0.3, 0.4) is 0 Å². The molecule has 0 bridgehead atoms. The zero-order valence-corrected chi connectivity index (χ0v) is 16.6. The second-order valence-corrected chi connectivity index (χ2v) is 7.16. The zero-order chi connectivity index (χ0) is 20.4. The van der Waals surface area contributed by atoms with Gasteiger partial charge in [-0.25, -0.2) is 0 Å². The fourth-order valence-electron chi connectivity index (χ4n) is 3.46. The van der Waals surface area contributed by atoms with Crippen LogP contribution in [0.5, 0.6) is 0 Å². The molecule has 8 nitrogen and oxygen atoms in total. The summed E-state index contributed by atoms with van der Waals surface area (Å²) in [5.74, 6) is 0.449. The number of ether oxygens (including phenoxy) is 2. The molecule has 1 unspecified atom stereocenters. The molecule has 2 aliphatic rings. The van der Waals surface area contributed by atoms with Crippen molar-refractivity contribution in [1.82, 2.24) is 15.5 Å². The monoisotopic (exact) mass is 393 g/mol. The number of nitrogens with one attached hydrogen (secondary N) is 2. The Morgan fingerprint density at radius 2 is 2.04 bits per heavy atom. The molecule has 0 aromatic heterocycles. The fraction of sp³-hybridized carbons (Fsp3) is 0.750. The van der Waals surface area contributed by atoms with Gasteiger partial charge >= 0.3 is 5.97 Å². The van der Waals surface area contributed by atoms with Crippen molar-refractivity contribution in [1.29, 1.82) is 0 Å². The Labute approximate surface area is 166 Å². The predicted molar refractivity (Wildman–Crippen MR) is 103 cm³/mol. The first-order chi connectivity index (χ1) is 13.5. The van der Waals surface area contributed by atoms with Crippen LogP contribution < -0.4 is 10.6 Å². The first-order valence-corrected chi connectivity index (χ1v) is 10.1. The lowest BCUT2D eigenvalue weighted by Crippen LogP contribution is -2.47. The van der Waals surface area contributed by atoms with E-state index in [2.05, 4.69) is 16.6 Å². The lowest BCUT2D eigenvalue weighted by atomic mass is 9.96. The topological polar surface area (TPSA) is 97.0 Å². The van der Waals surface area contributed by atoms with Crippen LogP contribution in [0.25, 0.3) is 0 Å². The third-order valence-electron chi connectivity index (χ3n) is 5.13. The molecule has 2 aliphatic heterocycles. The van der Waals surface area contributed by atoms with E-state index in [0.717, 1.165) is 32.4 Å². The predicted octanol–water partition coefficient (Wildman–Crippen LogP) is -0.0777. The average molecular weight is 393 g/mol. The Balaban J connectivity index is 1.76. The van der Waals surface area contributed by atoms with Gasteiger partial charge in [0.2, 0.25) is 11.8 Å². The first kappa shape index (κ1) is 22.2. The average Bonchev–Trinajstić information content (AvgIpc) is 2.73. The van der Waals surface area contributed by atoms with Crippen LogP contribution in [0.15, 0.2) is 0 Å². The van der Waals surface area contributed by atoms with Crippen LogP contribution in [0, 0.1) is 24.2 Å². The smallest absolute Gasteiger partial charge is 0.322 e. The molecule has 0 aromatic carbocycles. The van der Waals surface area contributed by atoms with Gasteiger partial charge in [-0.1, -0.05) is 5.92 Å². The van der Waals surface area contributed by atoms with Crippen LogP contribution in [0.2, 0.25) is 0 Å². The molecule has 2 heterocycles. The summed E-state index contributed by atoms with van der Waals surface area (Å²) in [5, 5.41) is 5.99. The molecule has 8 heteroatoms. The second kappa shape index (κ2) is 11.7. The molecular formula is C20H31N3O5. The molecule has 2 fully saturated rings. The van der Waals surface area contributed by atoms with E-state index >= 15 is 0 Å². The SMILES string of the molecule is C#CC(CNC(=O)[C@@H]1CCCN(C(=O)COC2CCNCC2)C1)C(=O)OCC.